The fraction of sp³-hybridized carbons (Fsp3) is 0.412. The van der Waals surface area contributed by atoms with Crippen molar-refractivity contribution < 1.29 is 5.11 Å². The molecule has 5 aliphatic rings. The third-order valence-electron chi connectivity index (χ3n) is 5.75. The predicted octanol–water partition coefficient (Wildman–Crippen LogP) is 2.85. The Bertz CT molecular complexity index is 536. The molecule has 6 rings (SSSR count). The first-order chi connectivity index (χ1) is 8.86. The van der Waals surface area contributed by atoms with Gasteiger partial charge in [-0.3, -0.25) is 0 Å². The van der Waals surface area contributed by atoms with Crippen LogP contribution in [0.3, 0.4) is 0 Å². The summed E-state index contributed by atoms with van der Waals surface area (Å²) in [7, 11) is 0. The minimum atomic E-state index is -0.126. The normalized spacial score (nSPS) is 49.5. The lowest BCUT2D eigenvalue weighted by molar-refractivity contribution is 0.127. The molecule has 1 aromatic rings. The first-order valence-electron chi connectivity index (χ1n) is 7.00. The molecule has 0 heterocycles. The molecule has 6 atom stereocenters. The fourth-order valence-electron chi connectivity index (χ4n) is 5.16. The Labute approximate surface area is 107 Å². The van der Waals surface area contributed by atoms with E-state index in [2.05, 4.69) is 48.6 Å². The van der Waals surface area contributed by atoms with E-state index in [0.29, 0.717) is 35.5 Å². The van der Waals surface area contributed by atoms with Crippen molar-refractivity contribution in [3.05, 3.63) is 59.7 Å². The van der Waals surface area contributed by atoms with Crippen LogP contribution in [0.15, 0.2) is 48.6 Å². The second kappa shape index (κ2) is 2.97. The third kappa shape index (κ3) is 0.883. The van der Waals surface area contributed by atoms with Gasteiger partial charge in [-0.1, -0.05) is 48.6 Å². The lowest BCUT2D eigenvalue weighted by Crippen LogP contribution is -2.37. The number of hydrogen-bond donors (Lipinski definition) is 1. The van der Waals surface area contributed by atoms with Gasteiger partial charge in [0.2, 0.25) is 0 Å². The number of hydrogen-bond acceptors (Lipinski definition) is 1. The third-order valence-corrected chi connectivity index (χ3v) is 5.75. The Kier molecular flexibility index (Phi) is 1.58. The second-order valence-corrected chi connectivity index (χ2v) is 6.25. The van der Waals surface area contributed by atoms with Crippen molar-refractivity contribution in [3.63, 3.8) is 0 Å². The Morgan fingerprint density at radius 1 is 0.722 bits per heavy atom. The van der Waals surface area contributed by atoms with Gasteiger partial charge in [-0.2, -0.15) is 0 Å². The molecule has 0 radical (unpaired) electrons. The summed E-state index contributed by atoms with van der Waals surface area (Å²) in [5, 5.41) is 10.4. The molecule has 1 N–H and O–H groups in total. The van der Waals surface area contributed by atoms with E-state index in [1.54, 1.807) is 0 Å². The average Bonchev–Trinajstić information content (AvgIpc) is 2.94. The van der Waals surface area contributed by atoms with E-state index in [1.165, 1.54) is 11.1 Å². The quantitative estimate of drug-likeness (QED) is 0.687. The van der Waals surface area contributed by atoms with E-state index in [1.807, 2.05) is 0 Å². The van der Waals surface area contributed by atoms with Crippen LogP contribution in [0.25, 0.3) is 0 Å². The van der Waals surface area contributed by atoms with Crippen LogP contribution in [-0.4, -0.2) is 11.2 Å². The summed E-state index contributed by atoms with van der Waals surface area (Å²) in [4.78, 5) is 0. The van der Waals surface area contributed by atoms with Crippen LogP contribution < -0.4 is 0 Å². The minimum Gasteiger partial charge on any atom is -0.392 e. The van der Waals surface area contributed by atoms with Gasteiger partial charge in [0, 0.05) is 23.7 Å². The van der Waals surface area contributed by atoms with Crippen LogP contribution in [0.5, 0.6) is 0 Å². The topological polar surface area (TPSA) is 20.2 Å². The van der Waals surface area contributed by atoms with Gasteiger partial charge in [-0.05, 0) is 23.0 Å². The zero-order valence-corrected chi connectivity index (χ0v) is 10.1. The molecule has 1 heteroatoms. The molecule has 0 aromatic heterocycles. The molecule has 6 unspecified atom stereocenters. The van der Waals surface area contributed by atoms with Gasteiger partial charge in [-0.15, -0.1) is 0 Å². The molecule has 5 aliphatic carbocycles. The van der Waals surface area contributed by atoms with Crippen molar-refractivity contribution in [1.29, 1.82) is 0 Å². The largest absolute Gasteiger partial charge is 0.392 e. The van der Waals surface area contributed by atoms with Crippen molar-refractivity contribution in [2.45, 2.75) is 17.9 Å². The van der Waals surface area contributed by atoms with Gasteiger partial charge in [0.15, 0.2) is 0 Å². The molecule has 0 saturated heterocycles. The van der Waals surface area contributed by atoms with E-state index >= 15 is 0 Å². The van der Waals surface area contributed by atoms with Crippen LogP contribution in [0.1, 0.15) is 23.0 Å². The Balaban J connectivity index is 1.75. The molecule has 0 aliphatic heterocycles. The highest BCUT2D eigenvalue weighted by Gasteiger charge is 2.59. The summed E-state index contributed by atoms with van der Waals surface area (Å²) >= 11 is 0. The summed E-state index contributed by atoms with van der Waals surface area (Å²) in [6.45, 7) is 0. The number of allylic oxidation sites excluding steroid dienone is 2. The molecule has 18 heavy (non-hydrogen) atoms. The standard InChI is InChI=1S/C17H16O/c18-17-13-7-8-14(17)16-12-6-5-11(15(13)16)9-3-1-2-4-10(9)12/h1-8,11-18H. The first-order valence-corrected chi connectivity index (χ1v) is 7.00. The zero-order valence-electron chi connectivity index (χ0n) is 10.1. The molecule has 1 fully saturated rings. The van der Waals surface area contributed by atoms with E-state index in [9.17, 15) is 5.11 Å². The maximum Gasteiger partial charge on any atom is 0.0671 e. The predicted molar refractivity (Wildman–Crippen MR) is 70.2 cm³/mol. The van der Waals surface area contributed by atoms with E-state index < -0.39 is 0 Å². The van der Waals surface area contributed by atoms with Gasteiger partial charge in [0.05, 0.1) is 6.10 Å². The van der Waals surface area contributed by atoms with Gasteiger partial charge in [0.25, 0.3) is 0 Å². The first kappa shape index (κ1) is 9.57. The summed E-state index contributed by atoms with van der Waals surface area (Å²) in [5.41, 5.74) is 3.03. The van der Waals surface area contributed by atoms with Gasteiger partial charge >= 0.3 is 0 Å². The van der Waals surface area contributed by atoms with Gasteiger partial charge < -0.3 is 5.11 Å². The van der Waals surface area contributed by atoms with Crippen LogP contribution in [0, 0.1) is 23.7 Å². The summed E-state index contributed by atoms with van der Waals surface area (Å²) in [6.07, 6.45) is 9.21. The maximum absolute atomic E-state index is 10.4. The number of aliphatic hydroxyl groups excluding tert-OH is 1. The Hall–Kier alpha value is -1.34. The lowest BCUT2D eigenvalue weighted by atomic mass is 9.57. The van der Waals surface area contributed by atoms with E-state index in [4.69, 9.17) is 0 Å². The molecule has 1 saturated carbocycles. The zero-order chi connectivity index (χ0) is 11.9. The highest BCUT2D eigenvalue weighted by Crippen LogP contribution is 2.64. The number of fused-ring (bicyclic) bond motifs is 2. The molecule has 1 aromatic carbocycles. The molecule has 4 bridgehead atoms. The van der Waals surface area contributed by atoms with Gasteiger partial charge in [0.1, 0.15) is 0 Å². The monoisotopic (exact) mass is 236 g/mol. The van der Waals surface area contributed by atoms with Gasteiger partial charge in [-0.25, -0.2) is 0 Å². The van der Waals surface area contributed by atoms with Crippen LogP contribution in [-0.2, 0) is 0 Å². The molecular weight excluding hydrogens is 220 g/mol. The van der Waals surface area contributed by atoms with Crippen LogP contribution in [0.2, 0.25) is 0 Å². The number of benzene rings is 1. The number of rotatable bonds is 0. The smallest absolute Gasteiger partial charge is 0.0671 e. The van der Waals surface area contributed by atoms with E-state index in [-0.39, 0.29) is 6.10 Å². The van der Waals surface area contributed by atoms with Crippen molar-refractivity contribution in [2.75, 3.05) is 0 Å². The van der Waals surface area contributed by atoms with Crippen molar-refractivity contribution in [2.24, 2.45) is 23.7 Å². The highest BCUT2D eigenvalue weighted by atomic mass is 16.3. The summed E-state index contributed by atoms with van der Waals surface area (Å²) in [5.74, 6) is 3.13. The molecular formula is C17H16O. The van der Waals surface area contributed by atoms with Crippen molar-refractivity contribution in [1.82, 2.24) is 0 Å². The molecule has 0 spiro atoms. The highest BCUT2D eigenvalue weighted by molar-refractivity contribution is 5.49. The molecule has 90 valence electrons. The minimum absolute atomic E-state index is 0.126. The van der Waals surface area contributed by atoms with E-state index in [0.717, 1.165) is 0 Å². The molecule has 1 nitrogen and oxygen atoms in total. The average molecular weight is 236 g/mol. The number of aliphatic hydroxyl groups is 1. The maximum atomic E-state index is 10.4. The Morgan fingerprint density at radius 3 is 1.72 bits per heavy atom. The van der Waals surface area contributed by atoms with Crippen molar-refractivity contribution in [3.8, 4) is 0 Å². The molecule has 0 amide bonds. The SMILES string of the molecule is OC1C2C=CC1C1C3C=CC(c4ccccc43)C21. The second-order valence-electron chi connectivity index (χ2n) is 6.25. The van der Waals surface area contributed by atoms with Crippen LogP contribution in [0.4, 0.5) is 0 Å². The fourth-order valence-corrected chi connectivity index (χ4v) is 5.16. The summed E-state index contributed by atoms with van der Waals surface area (Å²) in [6, 6.07) is 8.88. The lowest BCUT2D eigenvalue weighted by Gasteiger charge is -2.46. The van der Waals surface area contributed by atoms with Crippen molar-refractivity contribution >= 4 is 0 Å². The van der Waals surface area contributed by atoms with Crippen LogP contribution >= 0.6 is 0 Å². The Morgan fingerprint density at radius 2 is 1.22 bits per heavy atom. The summed E-state index contributed by atoms with van der Waals surface area (Å²) < 4.78 is 0.